The van der Waals surface area contributed by atoms with E-state index in [9.17, 15) is 4.79 Å². The molecule has 0 spiro atoms. The van der Waals surface area contributed by atoms with Gasteiger partial charge in [0.1, 0.15) is 0 Å². The van der Waals surface area contributed by atoms with Gasteiger partial charge in [0, 0.05) is 32.9 Å². The third-order valence-corrected chi connectivity index (χ3v) is 3.18. The first-order valence-corrected chi connectivity index (χ1v) is 5.86. The molecule has 2 rings (SSSR count). The van der Waals surface area contributed by atoms with Gasteiger partial charge in [-0.1, -0.05) is 6.07 Å². The fraction of sp³-hybridized carbons (Fsp3) is 0.462. The van der Waals surface area contributed by atoms with Crippen molar-refractivity contribution in [2.24, 2.45) is 0 Å². The van der Waals surface area contributed by atoms with Gasteiger partial charge in [-0.15, -0.1) is 0 Å². The van der Waals surface area contributed by atoms with E-state index in [-0.39, 0.29) is 5.91 Å². The Hall–Kier alpha value is -1.55. The average Bonchev–Trinajstić information content (AvgIpc) is 2.28. The van der Waals surface area contributed by atoms with Gasteiger partial charge in [-0.25, -0.2) is 0 Å². The number of nitrogens with two attached hydrogens (primary N) is 1. The molecule has 0 saturated carbocycles. The minimum atomic E-state index is 0.150. The van der Waals surface area contributed by atoms with E-state index in [0.717, 1.165) is 25.2 Å². The molecule has 0 bridgehead atoms. The van der Waals surface area contributed by atoms with Crippen LogP contribution in [0.15, 0.2) is 18.2 Å². The van der Waals surface area contributed by atoms with E-state index >= 15 is 0 Å². The van der Waals surface area contributed by atoms with Crippen LogP contribution in [0.4, 0.5) is 5.69 Å². The highest BCUT2D eigenvalue weighted by atomic mass is 16.2. The molecule has 1 aliphatic rings. The molecule has 0 aliphatic carbocycles. The van der Waals surface area contributed by atoms with Crippen molar-refractivity contribution in [1.29, 1.82) is 0 Å². The normalized spacial score (nSPS) is 15.4. The second-order valence-corrected chi connectivity index (χ2v) is 4.78. The van der Waals surface area contributed by atoms with Crippen LogP contribution in [-0.2, 0) is 17.8 Å². The second-order valence-electron chi connectivity index (χ2n) is 4.78. The zero-order chi connectivity index (χ0) is 12.4. The minimum absolute atomic E-state index is 0.150. The lowest BCUT2D eigenvalue weighted by molar-refractivity contribution is -0.130. The Balaban J connectivity index is 2.05. The first-order chi connectivity index (χ1) is 8.06. The van der Waals surface area contributed by atoms with Crippen molar-refractivity contribution < 1.29 is 4.79 Å². The fourth-order valence-corrected chi connectivity index (χ4v) is 2.10. The number of rotatable bonds is 2. The SMILES string of the molecule is CN(C)C(=O)CN1CCc2ccc(N)cc2C1. The van der Waals surface area contributed by atoms with Gasteiger partial charge >= 0.3 is 0 Å². The van der Waals surface area contributed by atoms with E-state index in [4.69, 9.17) is 5.73 Å². The molecule has 1 amide bonds. The van der Waals surface area contributed by atoms with Crippen molar-refractivity contribution >= 4 is 11.6 Å². The van der Waals surface area contributed by atoms with Gasteiger partial charge in [0.15, 0.2) is 0 Å². The van der Waals surface area contributed by atoms with Gasteiger partial charge < -0.3 is 10.6 Å². The summed E-state index contributed by atoms with van der Waals surface area (Å²) in [5, 5.41) is 0. The summed E-state index contributed by atoms with van der Waals surface area (Å²) in [5.41, 5.74) is 9.19. The topological polar surface area (TPSA) is 49.6 Å². The molecule has 1 aromatic carbocycles. The quantitative estimate of drug-likeness (QED) is 0.766. The lowest BCUT2D eigenvalue weighted by atomic mass is 9.99. The highest BCUT2D eigenvalue weighted by Gasteiger charge is 2.18. The third-order valence-electron chi connectivity index (χ3n) is 3.18. The molecule has 0 saturated heterocycles. The van der Waals surface area contributed by atoms with Crippen LogP contribution in [0.1, 0.15) is 11.1 Å². The molecule has 0 fully saturated rings. The maximum absolute atomic E-state index is 11.6. The Labute approximate surface area is 102 Å². The summed E-state index contributed by atoms with van der Waals surface area (Å²) < 4.78 is 0. The van der Waals surface area contributed by atoms with Crippen LogP contribution in [-0.4, -0.2) is 42.9 Å². The highest BCUT2D eigenvalue weighted by Crippen LogP contribution is 2.21. The molecular formula is C13H19N3O. The number of hydrogen-bond donors (Lipinski definition) is 1. The number of likely N-dealkylation sites (N-methyl/N-ethyl adjacent to an activating group) is 1. The molecule has 4 heteroatoms. The summed E-state index contributed by atoms with van der Waals surface area (Å²) >= 11 is 0. The third kappa shape index (κ3) is 2.77. The van der Waals surface area contributed by atoms with Gasteiger partial charge in [0.05, 0.1) is 6.54 Å². The molecular weight excluding hydrogens is 214 g/mol. The Morgan fingerprint density at radius 1 is 1.41 bits per heavy atom. The lowest BCUT2D eigenvalue weighted by Crippen LogP contribution is -2.39. The van der Waals surface area contributed by atoms with Crippen LogP contribution in [0.3, 0.4) is 0 Å². The smallest absolute Gasteiger partial charge is 0.236 e. The molecule has 0 aromatic heterocycles. The number of hydrogen-bond acceptors (Lipinski definition) is 3. The Morgan fingerprint density at radius 3 is 2.88 bits per heavy atom. The first kappa shape index (κ1) is 11.9. The molecule has 1 heterocycles. The maximum Gasteiger partial charge on any atom is 0.236 e. The number of anilines is 1. The average molecular weight is 233 g/mol. The summed E-state index contributed by atoms with van der Waals surface area (Å²) in [5.74, 6) is 0.150. The molecule has 4 nitrogen and oxygen atoms in total. The van der Waals surface area contributed by atoms with Gasteiger partial charge in [0.2, 0.25) is 5.91 Å². The molecule has 1 aliphatic heterocycles. The number of benzene rings is 1. The number of nitrogen functional groups attached to an aromatic ring is 1. The number of nitrogens with zero attached hydrogens (tertiary/aromatic N) is 2. The molecule has 2 N–H and O–H groups in total. The molecule has 0 atom stereocenters. The van der Waals surface area contributed by atoms with Crippen LogP contribution in [0.2, 0.25) is 0 Å². The van der Waals surface area contributed by atoms with E-state index in [0.29, 0.717) is 6.54 Å². The van der Waals surface area contributed by atoms with Crippen LogP contribution in [0.5, 0.6) is 0 Å². The summed E-state index contributed by atoms with van der Waals surface area (Å²) in [6, 6.07) is 6.05. The number of amides is 1. The van der Waals surface area contributed by atoms with Gasteiger partial charge in [-0.2, -0.15) is 0 Å². The van der Waals surface area contributed by atoms with E-state index in [1.165, 1.54) is 11.1 Å². The lowest BCUT2D eigenvalue weighted by Gasteiger charge is -2.29. The number of carbonyl (C=O) groups is 1. The van der Waals surface area contributed by atoms with Crippen LogP contribution in [0.25, 0.3) is 0 Å². The molecule has 17 heavy (non-hydrogen) atoms. The van der Waals surface area contributed by atoms with Crippen molar-refractivity contribution in [3.63, 3.8) is 0 Å². The maximum atomic E-state index is 11.6. The van der Waals surface area contributed by atoms with Gasteiger partial charge in [0.25, 0.3) is 0 Å². The Bertz CT molecular complexity index is 429. The van der Waals surface area contributed by atoms with E-state index in [1.54, 1.807) is 19.0 Å². The Kier molecular flexibility index (Phi) is 3.33. The van der Waals surface area contributed by atoms with Crippen molar-refractivity contribution in [3.8, 4) is 0 Å². The standard InChI is InChI=1S/C13H19N3O/c1-15(2)13(17)9-16-6-5-10-3-4-12(14)7-11(10)8-16/h3-4,7H,5-6,8-9,14H2,1-2H3. The summed E-state index contributed by atoms with van der Waals surface area (Å²) in [6.45, 7) is 2.25. The predicted molar refractivity (Wildman–Crippen MR) is 68.5 cm³/mol. The van der Waals surface area contributed by atoms with Crippen molar-refractivity contribution in [3.05, 3.63) is 29.3 Å². The van der Waals surface area contributed by atoms with Gasteiger partial charge in [-0.05, 0) is 29.7 Å². The summed E-state index contributed by atoms with van der Waals surface area (Å²) in [4.78, 5) is 15.5. The minimum Gasteiger partial charge on any atom is -0.399 e. The van der Waals surface area contributed by atoms with Crippen molar-refractivity contribution in [2.75, 3.05) is 32.9 Å². The van der Waals surface area contributed by atoms with Crippen molar-refractivity contribution in [2.45, 2.75) is 13.0 Å². The predicted octanol–water partition coefficient (Wildman–Crippen LogP) is 0.715. The fourth-order valence-electron chi connectivity index (χ4n) is 2.10. The van der Waals surface area contributed by atoms with Crippen LogP contribution in [0, 0.1) is 0 Å². The van der Waals surface area contributed by atoms with E-state index in [1.807, 2.05) is 12.1 Å². The largest absolute Gasteiger partial charge is 0.399 e. The summed E-state index contributed by atoms with van der Waals surface area (Å²) in [7, 11) is 3.58. The zero-order valence-corrected chi connectivity index (χ0v) is 10.4. The molecule has 0 radical (unpaired) electrons. The van der Waals surface area contributed by atoms with Gasteiger partial charge in [-0.3, -0.25) is 9.69 Å². The Morgan fingerprint density at radius 2 is 2.18 bits per heavy atom. The summed E-state index contributed by atoms with van der Waals surface area (Å²) in [6.07, 6.45) is 0.996. The monoisotopic (exact) mass is 233 g/mol. The zero-order valence-electron chi connectivity index (χ0n) is 10.4. The van der Waals surface area contributed by atoms with Crippen LogP contribution < -0.4 is 5.73 Å². The second kappa shape index (κ2) is 4.75. The molecule has 0 unspecified atom stereocenters. The highest BCUT2D eigenvalue weighted by molar-refractivity contribution is 5.77. The molecule has 1 aromatic rings. The van der Waals surface area contributed by atoms with E-state index < -0.39 is 0 Å². The first-order valence-electron chi connectivity index (χ1n) is 5.86. The number of carbonyl (C=O) groups excluding carboxylic acids is 1. The van der Waals surface area contributed by atoms with Crippen LogP contribution >= 0.6 is 0 Å². The van der Waals surface area contributed by atoms with Crippen molar-refractivity contribution in [1.82, 2.24) is 9.80 Å². The number of fused-ring (bicyclic) bond motifs is 1. The molecule has 92 valence electrons. The van der Waals surface area contributed by atoms with E-state index in [2.05, 4.69) is 11.0 Å².